The molecule has 6 heteroatoms. The highest BCUT2D eigenvalue weighted by atomic mass is 32.1. The van der Waals surface area contributed by atoms with Crippen LogP contribution in [-0.2, 0) is 6.42 Å². The molecule has 1 aromatic heterocycles. The molecule has 120 valence electrons. The Bertz CT molecular complexity index is 699. The first kappa shape index (κ1) is 16.8. The van der Waals surface area contributed by atoms with Crippen molar-refractivity contribution in [2.45, 2.75) is 26.3 Å². The van der Waals surface area contributed by atoms with Gasteiger partial charge in [0.25, 0.3) is 0 Å². The van der Waals surface area contributed by atoms with Gasteiger partial charge in [0.05, 0.1) is 5.69 Å². The second-order valence-electron chi connectivity index (χ2n) is 5.21. The summed E-state index contributed by atoms with van der Waals surface area (Å²) in [5, 5.41) is 24.7. The fourth-order valence-corrected chi connectivity index (χ4v) is 2.74. The lowest BCUT2D eigenvalue weighted by Gasteiger charge is -2.04. The summed E-state index contributed by atoms with van der Waals surface area (Å²) in [6.45, 7) is 4.14. The minimum absolute atomic E-state index is 0.0116. The van der Waals surface area contributed by atoms with Gasteiger partial charge in [-0.3, -0.25) is 0 Å². The maximum atomic E-state index is 10.1. The predicted octanol–water partition coefficient (Wildman–Crippen LogP) is 4.01. The number of benzene rings is 1. The van der Waals surface area contributed by atoms with Gasteiger partial charge >= 0.3 is 0 Å². The van der Waals surface area contributed by atoms with Crippen molar-refractivity contribution in [3.63, 3.8) is 0 Å². The molecule has 5 nitrogen and oxygen atoms in total. The molecule has 2 rings (SSSR count). The van der Waals surface area contributed by atoms with Gasteiger partial charge < -0.3 is 15.2 Å². The molecule has 0 radical (unpaired) electrons. The monoisotopic (exact) mass is 329 g/mol. The third-order valence-corrected chi connectivity index (χ3v) is 3.74. The highest BCUT2D eigenvalue weighted by molar-refractivity contribution is 7.13. The fourth-order valence-electron chi connectivity index (χ4n) is 1.87. The lowest BCUT2D eigenvalue weighted by atomic mass is 10.1. The van der Waals surface area contributed by atoms with E-state index in [1.807, 2.05) is 11.4 Å². The number of allylic oxidation sites excluding steroid dienone is 1. The Balaban J connectivity index is 1.96. The van der Waals surface area contributed by atoms with Gasteiger partial charge in [0, 0.05) is 23.4 Å². The summed E-state index contributed by atoms with van der Waals surface area (Å²) in [5.74, 6) is 0.801. The van der Waals surface area contributed by atoms with Gasteiger partial charge in [0.15, 0.2) is 11.7 Å². The van der Waals surface area contributed by atoms with Crippen molar-refractivity contribution in [2.75, 3.05) is 11.9 Å². The molecule has 0 spiro atoms. The molecule has 23 heavy (non-hydrogen) atoms. The largest absolute Gasteiger partial charge is 0.508 e. The molecule has 2 N–H and O–H groups in total. The van der Waals surface area contributed by atoms with E-state index in [1.165, 1.54) is 0 Å². The lowest BCUT2D eigenvalue weighted by Crippen LogP contribution is -2.09. The number of aliphatic hydroxyl groups is 1. The molecule has 0 aliphatic rings. The number of nitrogens with zero attached hydrogens (tertiary/aromatic N) is 2. The van der Waals surface area contributed by atoms with Crippen molar-refractivity contribution >= 4 is 22.2 Å². The molecule has 0 saturated carbocycles. The second-order valence-corrected chi connectivity index (χ2v) is 6.07. The summed E-state index contributed by atoms with van der Waals surface area (Å²) in [5.41, 5.74) is 1.61. The highest BCUT2D eigenvalue weighted by Crippen LogP contribution is 2.20. The van der Waals surface area contributed by atoms with Crippen LogP contribution in [0.15, 0.2) is 35.7 Å². The number of hydrogen-bond donors (Lipinski definition) is 2. The average molecular weight is 329 g/mol. The quantitative estimate of drug-likeness (QED) is 0.751. The van der Waals surface area contributed by atoms with Crippen molar-refractivity contribution in [3.05, 3.63) is 47.0 Å². The van der Waals surface area contributed by atoms with Crippen molar-refractivity contribution < 1.29 is 9.84 Å². The number of thiazole rings is 1. The minimum Gasteiger partial charge on any atom is -0.508 e. The van der Waals surface area contributed by atoms with Gasteiger partial charge in [-0.15, -0.1) is 11.3 Å². The number of nitrogens with one attached hydrogen (secondary N) is 1. The zero-order valence-corrected chi connectivity index (χ0v) is 13.9. The summed E-state index contributed by atoms with van der Waals surface area (Å²) >= 11 is 1.56. The number of aliphatic hydroxyl groups excluding tert-OH is 1. The smallest absolute Gasteiger partial charge is 0.183 e. The van der Waals surface area contributed by atoms with E-state index >= 15 is 0 Å². The average Bonchev–Trinajstić information content (AvgIpc) is 2.97. The van der Waals surface area contributed by atoms with Gasteiger partial charge in [0.1, 0.15) is 17.6 Å². The predicted molar refractivity (Wildman–Crippen MR) is 92.7 cm³/mol. The summed E-state index contributed by atoms with van der Waals surface area (Å²) < 4.78 is 5.18. The first-order valence-corrected chi connectivity index (χ1v) is 8.16. The zero-order chi connectivity index (χ0) is 16.7. The van der Waals surface area contributed by atoms with Gasteiger partial charge in [-0.25, -0.2) is 4.98 Å². The Morgan fingerprint density at radius 1 is 1.43 bits per heavy atom. The van der Waals surface area contributed by atoms with E-state index < -0.39 is 0 Å². The van der Waals surface area contributed by atoms with E-state index in [1.54, 1.807) is 41.7 Å². The van der Waals surface area contributed by atoms with Gasteiger partial charge in [-0.05, 0) is 44.2 Å². The van der Waals surface area contributed by atoms with E-state index in [0.29, 0.717) is 23.8 Å². The number of hydrogen-bond acceptors (Lipinski definition) is 6. The van der Waals surface area contributed by atoms with Crippen LogP contribution in [0.3, 0.4) is 0 Å². The van der Waals surface area contributed by atoms with Gasteiger partial charge in [0.2, 0.25) is 0 Å². The third-order valence-electron chi connectivity index (χ3n) is 2.92. The Morgan fingerprint density at radius 2 is 2.17 bits per heavy atom. The topological polar surface area (TPSA) is 78.2 Å². The van der Waals surface area contributed by atoms with Crippen molar-refractivity contribution in [1.82, 2.24) is 4.98 Å². The van der Waals surface area contributed by atoms with E-state index in [2.05, 4.69) is 24.1 Å². The first-order valence-electron chi connectivity index (χ1n) is 7.28. The summed E-state index contributed by atoms with van der Waals surface area (Å²) in [4.78, 5) is 4.46. The molecule has 0 aliphatic carbocycles. The Labute approximate surface area is 139 Å². The molecule has 0 aliphatic heterocycles. The minimum atomic E-state index is 0.0116. The van der Waals surface area contributed by atoms with Crippen LogP contribution in [0.1, 0.15) is 25.1 Å². The van der Waals surface area contributed by atoms with E-state index in [9.17, 15) is 5.11 Å². The van der Waals surface area contributed by atoms with Crippen LogP contribution in [0.5, 0.6) is 5.75 Å². The molecule has 0 unspecified atom stereocenters. The fraction of sp³-hybridized carbons (Fsp3) is 0.294. The molecule has 1 heterocycles. The molecule has 0 bridgehead atoms. The highest BCUT2D eigenvalue weighted by Gasteiger charge is 2.04. The van der Waals surface area contributed by atoms with E-state index in [4.69, 9.17) is 10.00 Å². The van der Waals surface area contributed by atoms with Gasteiger partial charge in [-0.1, -0.05) is 0 Å². The van der Waals surface area contributed by atoms with Crippen LogP contribution < -0.4 is 10.1 Å². The Kier molecular flexibility index (Phi) is 6.01. The lowest BCUT2D eigenvalue weighted by molar-refractivity contribution is 0.368. The van der Waals surface area contributed by atoms with Crippen LogP contribution >= 0.6 is 11.3 Å². The molecule has 0 fully saturated rings. The van der Waals surface area contributed by atoms with E-state index in [-0.39, 0.29) is 12.4 Å². The molecular formula is C17H19N3O2S. The maximum absolute atomic E-state index is 10.1. The van der Waals surface area contributed by atoms with Crippen LogP contribution in [0.4, 0.5) is 5.13 Å². The summed E-state index contributed by atoms with van der Waals surface area (Å²) in [6.07, 6.45) is 2.30. The first-order chi connectivity index (χ1) is 11.1. The molecule has 0 saturated heterocycles. The molecule has 1 aromatic carbocycles. The maximum Gasteiger partial charge on any atom is 0.183 e. The SMILES string of the molecule is CC(C)Nc1nc(C/C=C(/O)c2ccc(OCC#N)cc2)cs1. The van der Waals surface area contributed by atoms with Crippen LogP contribution in [0, 0.1) is 11.3 Å². The van der Waals surface area contributed by atoms with Crippen molar-refractivity contribution in [1.29, 1.82) is 5.26 Å². The summed E-state index contributed by atoms with van der Waals surface area (Å²) in [6, 6.07) is 9.22. The summed E-state index contributed by atoms with van der Waals surface area (Å²) in [7, 11) is 0. The van der Waals surface area contributed by atoms with Crippen LogP contribution in [-0.4, -0.2) is 22.7 Å². The number of nitriles is 1. The van der Waals surface area contributed by atoms with Crippen LogP contribution in [0.25, 0.3) is 5.76 Å². The molecular weight excluding hydrogens is 310 g/mol. The normalized spacial score (nSPS) is 11.3. The zero-order valence-electron chi connectivity index (χ0n) is 13.1. The van der Waals surface area contributed by atoms with Crippen molar-refractivity contribution in [2.24, 2.45) is 0 Å². The molecule has 0 amide bonds. The Morgan fingerprint density at radius 3 is 2.83 bits per heavy atom. The number of aromatic nitrogens is 1. The number of ether oxygens (including phenoxy) is 1. The number of anilines is 1. The van der Waals surface area contributed by atoms with Crippen molar-refractivity contribution in [3.8, 4) is 11.8 Å². The van der Waals surface area contributed by atoms with Gasteiger partial charge in [-0.2, -0.15) is 5.26 Å². The molecule has 2 aromatic rings. The third kappa shape index (κ3) is 5.31. The van der Waals surface area contributed by atoms with Crippen LogP contribution in [0.2, 0.25) is 0 Å². The standard InChI is InChI=1S/C17H19N3O2S/c1-12(2)19-17-20-14(11-23-17)5-8-16(21)13-3-6-15(7-4-13)22-10-9-18/h3-4,6-8,11-12,21H,5,10H2,1-2H3,(H,19,20)/b16-8+. The molecule has 0 atom stereocenters. The van der Waals surface area contributed by atoms with E-state index in [0.717, 1.165) is 10.8 Å². The second kappa shape index (κ2) is 8.20. The Hall–Kier alpha value is -2.52. The number of rotatable bonds is 7.